The summed E-state index contributed by atoms with van der Waals surface area (Å²) in [4.78, 5) is 25.0. The van der Waals surface area contributed by atoms with Gasteiger partial charge in [-0.1, -0.05) is 0 Å². The molecule has 0 saturated heterocycles. The molecule has 8 heteroatoms. The summed E-state index contributed by atoms with van der Waals surface area (Å²) < 4.78 is 9.86. The van der Waals surface area contributed by atoms with Crippen LogP contribution >= 0.6 is 0 Å². The van der Waals surface area contributed by atoms with Crippen LogP contribution in [0.15, 0.2) is 6.07 Å². The van der Waals surface area contributed by atoms with Gasteiger partial charge in [-0.2, -0.15) is 0 Å². The third-order valence-corrected chi connectivity index (χ3v) is 2.20. The van der Waals surface area contributed by atoms with Gasteiger partial charge in [0.1, 0.15) is 5.60 Å². The van der Waals surface area contributed by atoms with E-state index in [0.717, 1.165) is 6.07 Å². The molecule has 118 valence electrons. The van der Waals surface area contributed by atoms with Crippen molar-refractivity contribution in [3.05, 3.63) is 6.07 Å². The number of nitrogens with one attached hydrogen (secondary N) is 2. The van der Waals surface area contributed by atoms with Crippen molar-refractivity contribution in [1.29, 1.82) is 0 Å². The smallest absolute Gasteiger partial charge is 0.407 e. The van der Waals surface area contributed by atoms with Gasteiger partial charge in [-0.25, -0.2) is 4.79 Å². The van der Waals surface area contributed by atoms with Crippen molar-refractivity contribution in [1.82, 2.24) is 10.3 Å². The van der Waals surface area contributed by atoms with E-state index in [2.05, 4.69) is 10.3 Å². The van der Waals surface area contributed by atoms with Crippen LogP contribution in [0.5, 0.6) is 17.5 Å². The van der Waals surface area contributed by atoms with Crippen molar-refractivity contribution in [3.63, 3.8) is 0 Å². The van der Waals surface area contributed by atoms with Crippen molar-refractivity contribution in [3.8, 4) is 17.5 Å². The fourth-order valence-corrected chi connectivity index (χ4v) is 1.40. The summed E-state index contributed by atoms with van der Waals surface area (Å²) in [5.41, 5.74) is -0.573. The molecule has 1 amide bonds. The lowest BCUT2D eigenvalue weighted by Crippen LogP contribution is -2.33. The first-order valence-electron chi connectivity index (χ1n) is 6.46. The van der Waals surface area contributed by atoms with E-state index in [-0.39, 0.29) is 24.6 Å². The standard InChI is InChI=1S/C13H20N2O6/c1-13(2,3)21-12(19)14-6-4-5-10(17)20-8-7-9(16)15-11(8)18/h7,15-16,18H,4-6H2,1-3H3,(H,14,19). The molecule has 0 unspecified atom stereocenters. The molecule has 0 aliphatic carbocycles. The molecule has 0 aliphatic heterocycles. The summed E-state index contributed by atoms with van der Waals surface area (Å²) in [6.45, 7) is 5.52. The predicted molar refractivity (Wildman–Crippen MR) is 73.2 cm³/mol. The Labute approximate surface area is 122 Å². The van der Waals surface area contributed by atoms with Crippen LogP contribution in [0.2, 0.25) is 0 Å². The molecular weight excluding hydrogens is 280 g/mol. The molecule has 0 fully saturated rings. The molecule has 1 aromatic rings. The van der Waals surface area contributed by atoms with Gasteiger partial charge in [0.05, 0.1) is 0 Å². The monoisotopic (exact) mass is 300 g/mol. The van der Waals surface area contributed by atoms with Gasteiger partial charge in [-0.15, -0.1) is 0 Å². The normalized spacial score (nSPS) is 11.0. The molecule has 1 aromatic heterocycles. The average Bonchev–Trinajstić information content (AvgIpc) is 2.61. The van der Waals surface area contributed by atoms with Gasteiger partial charge in [-0.3, -0.25) is 9.78 Å². The van der Waals surface area contributed by atoms with E-state index in [1.807, 2.05) is 0 Å². The average molecular weight is 300 g/mol. The van der Waals surface area contributed by atoms with E-state index >= 15 is 0 Å². The maximum atomic E-state index is 11.5. The van der Waals surface area contributed by atoms with Gasteiger partial charge in [-0.05, 0) is 27.2 Å². The Kier molecular flexibility index (Phi) is 5.45. The van der Waals surface area contributed by atoms with Crippen LogP contribution in [-0.2, 0) is 9.53 Å². The van der Waals surface area contributed by atoms with Crippen molar-refractivity contribution in [2.24, 2.45) is 0 Å². The van der Waals surface area contributed by atoms with Gasteiger partial charge < -0.3 is 25.0 Å². The van der Waals surface area contributed by atoms with Crippen LogP contribution in [0.25, 0.3) is 0 Å². The maximum Gasteiger partial charge on any atom is 0.407 e. The fourth-order valence-electron chi connectivity index (χ4n) is 1.40. The zero-order chi connectivity index (χ0) is 16.0. The lowest BCUT2D eigenvalue weighted by Gasteiger charge is -2.19. The van der Waals surface area contributed by atoms with Gasteiger partial charge in [0, 0.05) is 19.0 Å². The summed E-state index contributed by atoms with van der Waals surface area (Å²) in [7, 11) is 0. The number of ether oxygens (including phenoxy) is 2. The van der Waals surface area contributed by atoms with E-state index in [1.54, 1.807) is 20.8 Å². The van der Waals surface area contributed by atoms with E-state index in [9.17, 15) is 14.7 Å². The molecule has 21 heavy (non-hydrogen) atoms. The molecule has 0 radical (unpaired) electrons. The highest BCUT2D eigenvalue weighted by molar-refractivity contribution is 5.73. The van der Waals surface area contributed by atoms with Crippen LogP contribution in [0.1, 0.15) is 33.6 Å². The Hall–Kier alpha value is -2.38. The number of carbonyl (C=O) groups excluding carboxylic acids is 2. The summed E-state index contributed by atoms with van der Waals surface area (Å²) in [6.07, 6.45) is -0.153. The molecule has 1 rings (SSSR count). The van der Waals surface area contributed by atoms with E-state index in [4.69, 9.17) is 14.6 Å². The second kappa shape index (κ2) is 6.87. The highest BCUT2D eigenvalue weighted by atomic mass is 16.6. The van der Waals surface area contributed by atoms with Crippen LogP contribution < -0.4 is 10.1 Å². The lowest BCUT2D eigenvalue weighted by atomic mass is 10.2. The van der Waals surface area contributed by atoms with Gasteiger partial charge in [0.15, 0.2) is 11.6 Å². The summed E-state index contributed by atoms with van der Waals surface area (Å²) in [5.74, 6) is -1.46. The molecule has 1 heterocycles. The zero-order valence-electron chi connectivity index (χ0n) is 12.2. The third-order valence-electron chi connectivity index (χ3n) is 2.20. The Morgan fingerprint density at radius 3 is 2.52 bits per heavy atom. The molecule has 0 bridgehead atoms. The minimum Gasteiger partial charge on any atom is -0.494 e. The van der Waals surface area contributed by atoms with Crippen molar-refractivity contribution >= 4 is 12.1 Å². The van der Waals surface area contributed by atoms with Crippen molar-refractivity contribution < 1.29 is 29.3 Å². The molecule has 0 saturated carbocycles. The fraction of sp³-hybridized carbons (Fsp3) is 0.538. The molecule has 0 aliphatic rings. The van der Waals surface area contributed by atoms with Gasteiger partial charge in [0.25, 0.3) is 0 Å². The minimum absolute atomic E-state index is 0.0428. The summed E-state index contributed by atoms with van der Waals surface area (Å²) in [5, 5.41) is 20.8. The Balaban J connectivity index is 2.22. The number of hydrogen-bond acceptors (Lipinski definition) is 6. The quantitative estimate of drug-likeness (QED) is 0.484. The van der Waals surface area contributed by atoms with E-state index in [0.29, 0.717) is 6.42 Å². The first kappa shape index (κ1) is 16.7. The first-order chi connectivity index (χ1) is 9.67. The largest absolute Gasteiger partial charge is 0.494 e. The lowest BCUT2D eigenvalue weighted by molar-refractivity contribution is -0.134. The number of rotatable bonds is 5. The number of alkyl carbamates (subject to hydrolysis) is 1. The van der Waals surface area contributed by atoms with E-state index in [1.165, 1.54) is 0 Å². The molecule has 4 N–H and O–H groups in total. The highest BCUT2D eigenvalue weighted by Gasteiger charge is 2.16. The number of amides is 1. The van der Waals surface area contributed by atoms with Crippen LogP contribution in [0, 0.1) is 0 Å². The van der Waals surface area contributed by atoms with Crippen LogP contribution in [0.4, 0.5) is 4.79 Å². The number of carbonyl (C=O) groups is 2. The second-order valence-corrected chi connectivity index (χ2v) is 5.37. The number of hydrogen-bond donors (Lipinski definition) is 4. The number of aromatic amines is 1. The number of aromatic hydroxyl groups is 2. The van der Waals surface area contributed by atoms with Crippen LogP contribution in [0.3, 0.4) is 0 Å². The van der Waals surface area contributed by atoms with Crippen LogP contribution in [-0.4, -0.2) is 39.4 Å². The maximum absolute atomic E-state index is 11.5. The topological polar surface area (TPSA) is 121 Å². The first-order valence-corrected chi connectivity index (χ1v) is 6.46. The Morgan fingerprint density at radius 1 is 1.33 bits per heavy atom. The molecular formula is C13H20N2O6. The Bertz CT molecular complexity index is 503. The second-order valence-electron chi connectivity index (χ2n) is 5.37. The van der Waals surface area contributed by atoms with Gasteiger partial charge >= 0.3 is 12.1 Å². The Morgan fingerprint density at radius 2 is 2.00 bits per heavy atom. The number of H-pyrrole nitrogens is 1. The SMILES string of the molecule is CC(C)(C)OC(=O)NCCCC(=O)Oc1cc(O)[nH]c1O. The van der Waals surface area contributed by atoms with Crippen molar-refractivity contribution in [2.75, 3.05) is 6.54 Å². The summed E-state index contributed by atoms with van der Waals surface area (Å²) >= 11 is 0. The minimum atomic E-state index is -0.588. The van der Waals surface area contributed by atoms with Gasteiger partial charge in [0.2, 0.25) is 5.88 Å². The van der Waals surface area contributed by atoms with E-state index < -0.39 is 23.5 Å². The zero-order valence-corrected chi connectivity index (χ0v) is 12.2. The molecule has 8 nitrogen and oxygen atoms in total. The van der Waals surface area contributed by atoms with Crippen molar-refractivity contribution in [2.45, 2.75) is 39.2 Å². The molecule has 0 aromatic carbocycles. The number of aromatic nitrogens is 1. The predicted octanol–water partition coefficient (Wildman–Crippen LogP) is 1.64. The number of esters is 1. The highest BCUT2D eigenvalue weighted by Crippen LogP contribution is 2.29. The molecule has 0 spiro atoms. The summed E-state index contributed by atoms with van der Waals surface area (Å²) in [6, 6.07) is 1.09. The third kappa shape index (κ3) is 6.55. The molecule has 0 atom stereocenters.